The third-order valence-electron chi connectivity index (χ3n) is 2.37. The van der Waals surface area contributed by atoms with Crippen molar-refractivity contribution in [2.24, 2.45) is 0 Å². The van der Waals surface area contributed by atoms with Gasteiger partial charge in [-0.25, -0.2) is 0 Å². The standard InChI is InChI=1S/C8H9.2C6H5.Fe/c1-2-8-6-4-3-5-7-8;2*1-2-4-6-5-3-1;/h3-6H,2H2,1H3;2*1-5H;/q3*-1;+3. The molecule has 0 saturated heterocycles. The van der Waals surface area contributed by atoms with Crippen molar-refractivity contribution in [1.82, 2.24) is 0 Å². The van der Waals surface area contributed by atoms with E-state index in [1.54, 1.807) is 0 Å². The molecule has 3 rings (SSSR count). The van der Waals surface area contributed by atoms with Gasteiger partial charge in [-0.15, -0.1) is 0 Å². The Morgan fingerprint density at radius 2 is 1.14 bits per heavy atom. The van der Waals surface area contributed by atoms with E-state index >= 15 is 0 Å². The molecule has 0 nitrogen and oxygen atoms in total. The van der Waals surface area contributed by atoms with E-state index < -0.39 is 0 Å². The molecule has 0 aliphatic carbocycles. The van der Waals surface area contributed by atoms with E-state index in [9.17, 15) is 0 Å². The van der Waals surface area contributed by atoms with Crippen molar-refractivity contribution in [1.29, 1.82) is 0 Å². The van der Waals surface area contributed by atoms with Crippen LogP contribution in [0.25, 0.3) is 0 Å². The van der Waals surface area contributed by atoms with Crippen molar-refractivity contribution in [2.45, 2.75) is 13.3 Å². The first-order chi connectivity index (χ1) is 9.93. The van der Waals surface area contributed by atoms with Gasteiger partial charge in [-0.05, 0) is 0 Å². The first kappa shape index (κ1) is 19.2. The number of hydrogen-bond donors (Lipinski definition) is 0. The van der Waals surface area contributed by atoms with Crippen LogP contribution in [0.1, 0.15) is 12.5 Å². The molecule has 0 N–H and O–H groups in total. The molecule has 3 aromatic carbocycles. The maximum absolute atomic E-state index is 3.12. The fraction of sp³-hybridized carbons (Fsp3) is 0.100. The molecule has 3 aromatic rings. The summed E-state index contributed by atoms with van der Waals surface area (Å²) in [7, 11) is 0. The average molecular weight is 315 g/mol. The van der Waals surface area contributed by atoms with Crippen molar-refractivity contribution >= 4 is 0 Å². The van der Waals surface area contributed by atoms with Gasteiger partial charge < -0.3 is 0 Å². The normalized spacial score (nSPS) is 8.05. The molecular weight excluding hydrogens is 296 g/mol. The molecule has 0 aliphatic heterocycles. The van der Waals surface area contributed by atoms with E-state index in [4.69, 9.17) is 0 Å². The maximum Gasteiger partial charge on any atom is 3.00 e. The van der Waals surface area contributed by atoms with Crippen molar-refractivity contribution in [3.05, 3.63) is 109 Å². The third kappa shape index (κ3) is 11.7. The van der Waals surface area contributed by atoms with Crippen LogP contribution in [0.15, 0.2) is 84.9 Å². The summed E-state index contributed by atoms with van der Waals surface area (Å²) in [5.41, 5.74) is 1.28. The van der Waals surface area contributed by atoms with Gasteiger partial charge >= 0.3 is 17.1 Å². The molecule has 0 aromatic heterocycles. The Balaban J connectivity index is 0.000000283. The zero-order chi connectivity index (χ0) is 14.3. The van der Waals surface area contributed by atoms with Crippen LogP contribution < -0.4 is 0 Å². The second-order valence-electron chi connectivity index (χ2n) is 3.90. The zero-order valence-electron chi connectivity index (χ0n) is 12.1. The van der Waals surface area contributed by atoms with Crippen LogP contribution in [0.2, 0.25) is 0 Å². The molecule has 1 radical (unpaired) electrons. The van der Waals surface area contributed by atoms with Crippen molar-refractivity contribution in [3.63, 3.8) is 0 Å². The summed E-state index contributed by atoms with van der Waals surface area (Å²) in [5.74, 6) is 0. The Hall–Kier alpha value is -1.82. The molecule has 107 valence electrons. The van der Waals surface area contributed by atoms with E-state index in [0.717, 1.165) is 6.42 Å². The number of aryl methyl sites for hydroxylation is 1. The van der Waals surface area contributed by atoms with Gasteiger partial charge in [-0.2, -0.15) is 109 Å². The van der Waals surface area contributed by atoms with E-state index in [2.05, 4.69) is 31.2 Å². The Morgan fingerprint density at radius 3 is 1.33 bits per heavy atom. The largest absolute Gasteiger partial charge is 3.00 e. The number of rotatable bonds is 1. The zero-order valence-corrected chi connectivity index (χ0v) is 13.2. The van der Waals surface area contributed by atoms with E-state index in [1.807, 2.05) is 78.9 Å². The van der Waals surface area contributed by atoms with Crippen molar-refractivity contribution < 1.29 is 17.1 Å². The van der Waals surface area contributed by atoms with E-state index in [1.165, 1.54) is 5.56 Å². The van der Waals surface area contributed by atoms with Crippen molar-refractivity contribution in [3.8, 4) is 0 Å². The molecule has 0 spiro atoms. The summed E-state index contributed by atoms with van der Waals surface area (Å²) in [6.45, 7) is 2.13. The van der Waals surface area contributed by atoms with Gasteiger partial charge in [-0.3, -0.25) is 0 Å². The summed E-state index contributed by atoms with van der Waals surface area (Å²) < 4.78 is 0. The van der Waals surface area contributed by atoms with Gasteiger partial charge in [0, 0.05) is 0 Å². The summed E-state index contributed by atoms with van der Waals surface area (Å²) in [6.07, 6.45) is 1.08. The molecule has 0 bridgehead atoms. The average Bonchev–Trinajstić information content (AvgIpc) is 2.60. The maximum atomic E-state index is 3.12. The minimum atomic E-state index is 0. The molecule has 1 heteroatoms. The molecule has 0 unspecified atom stereocenters. The van der Waals surface area contributed by atoms with Gasteiger partial charge in [0.2, 0.25) is 0 Å². The van der Waals surface area contributed by atoms with Crippen LogP contribution >= 0.6 is 0 Å². The third-order valence-corrected chi connectivity index (χ3v) is 2.37. The Kier molecular flexibility index (Phi) is 13.3. The molecule has 21 heavy (non-hydrogen) atoms. The first-order valence-electron chi connectivity index (χ1n) is 6.71. The summed E-state index contributed by atoms with van der Waals surface area (Å²) in [5, 5.41) is 0. The fourth-order valence-corrected chi connectivity index (χ4v) is 1.33. The summed E-state index contributed by atoms with van der Waals surface area (Å²) in [4.78, 5) is 0. The van der Waals surface area contributed by atoms with Crippen LogP contribution in [0.3, 0.4) is 0 Å². The van der Waals surface area contributed by atoms with E-state index in [0.29, 0.717) is 0 Å². The smallest absolute Gasteiger partial charge is 0.184 e. The molecule has 0 atom stereocenters. The van der Waals surface area contributed by atoms with Crippen LogP contribution in [0.4, 0.5) is 0 Å². The van der Waals surface area contributed by atoms with Crippen LogP contribution in [-0.2, 0) is 23.5 Å². The Bertz CT molecular complexity index is 421. The molecule has 0 heterocycles. The van der Waals surface area contributed by atoms with Gasteiger partial charge in [0.05, 0.1) is 0 Å². The summed E-state index contributed by atoms with van der Waals surface area (Å²) >= 11 is 0. The second-order valence-corrected chi connectivity index (χ2v) is 3.90. The van der Waals surface area contributed by atoms with Crippen LogP contribution in [0.5, 0.6) is 0 Å². The Morgan fingerprint density at radius 1 is 0.667 bits per heavy atom. The van der Waals surface area contributed by atoms with E-state index in [-0.39, 0.29) is 17.1 Å². The SMILES string of the molecule is CCc1[c-]cccc1.[Fe+3].[c-]1ccccc1.[c-]1ccccc1. The predicted molar refractivity (Wildman–Crippen MR) is 85.2 cm³/mol. The first-order valence-corrected chi connectivity index (χ1v) is 6.71. The summed E-state index contributed by atoms with van der Waals surface area (Å²) in [6, 6.07) is 36.2. The number of benzene rings is 3. The molecular formula is C20H19Fe. The molecule has 0 fully saturated rings. The molecule has 0 aliphatic rings. The second kappa shape index (κ2) is 14.6. The minimum Gasteiger partial charge on any atom is -0.184 e. The van der Waals surface area contributed by atoms with Crippen LogP contribution in [0, 0.1) is 18.2 Å². The van der Waals surface area contributed by atoms with Gasteiger partial charge in [0.1, 0.15) is 0 Å². The van der Waals surface area contributed by atoms with Gasteiger partial charge in [0.15, 0.2) is 0 Å². The van der Waals surface area contributed by atoms with Gasteiger partial charge in [-0.1, -0.05) is 13.3 Å². The predicted octanol–water partition coefficient (Wildman–Crippen LogP) is 5.02. The number of hydrogen-bond acceptors (Lipinski definition) is 0. The molecule has 0 amide bonds. The van der Waals surface area contributed by atoms with Crippen molar-refractivity contribution in [2.75, 3.05) is 0 Å². The fourth-order valence-electron chi connectivity index (χ4n) is 1.33. The Labute approximate surface area is 139 Å². The van der Waals surface area contributed by atoms with Crippen LogP contribution in [-0.4, -0.2) is 0 Å². The van der Waals surface area contributed by atoms with Gasteiger partial charge in [0.25, 0.3) is 0 Å². The topological polar surface area (TPSA) is 0 Å². The quantitative estimate of drug-likeness (QED) is 0.437. The molecule has 0 saturated carbocycles. The monoisotopic (exact) mass is 315 g/mol. The minimum absolute atomic E-state index is 0.